The van der Waals surface area contributed by atoms with Crippen LogP contribution in [0, 0.1) is 5.92 Å². The highest BCUT2D eigenvalue weighted by Gasteiger charge is 2.33. The highest BCUT2D eigenvalue weighted by atomic mass is 79.9. The maximum absolute atomic E-state index is 12.8. The Bertz CT molecular complexity index is 856. The quantitative estimate of drug-likeness (QED) is 0.819. The minimum absolute atomic E-state index is 0.153. The first kappa shape index (κ1) is 18.1. The predicted molar refractivity (Wildman–Crippen MR) is 101 cm³/mol. The third kappa shape index (κ3) is 4.11. The number of hydrogen-bond donors (Lipinski definition) is 1. The second kappa shape index (κ2) is 7.68. The van der Waals surface area contributed by atoms with Crippen LogP contribution in [-0.2, 0) is 14.8 Å². The third-order valence-electron chi connectivity index (χ3n) is 4.27. The molecule has 0 spiro atoms. The molecule has 1 unspecified atom stereocenters. The summed E-state index contributed by atoms with van der Waals surface area (Å²) in [6.07, 6.45) is 1.34. The summed E-state index contributed by atoms with van der Waals surface area (Å²) >= 11 is 3.40. The van der Waals surface area contributed by atoms with E-state index in [-0.39, 0.29) is 23.3 Å². The molecule has 0 aliphatic carbocycles. The van der Waals surface area contributed by atoms with E-state index in [2.05, 4.69) is 21.2 Å². The minimum atomic E-state index is -3.57. The summed E-state index contributed by atoms with van der Waals surface area (Å²) in [5.74, 6) is -0.515. The van der Waals surface area contributed by atoms with Crippen molar-refractivity contribution >= 4 is 37.5 Å². The number of hydrogen-bond acceptors (Lipinski definition) is 3. The number of halogens is 1. The van der Waals surface area contributed by atoms with Crippen LogP contribution in [0.1, 0.15) is 12.8 Å². The predicted octanol–water partition coefficient (Wildman–Crippen LogP) is 3.49. The second-order valence-corrected chi connectivity index (χ2v) is 8.78. The Balaban J connectivity index is 1.73. The molecule has 0 saturated carbocycles. The van der Waals surface area contributed by atoms with Crippen molar-refractivity contribution < 1.29 is 13.2 Å². The lowest BCUT2D eigenvalue weighted by Crippen LogP contribution is -2.43. The molecule has 0 bridgehead atoms. The summed E-state index contributed by atoms with van der Waals surface area (Å²) in [5.41, 5.74) is 0.690. The summed E-state index contributed by atoms with van der Waals surface area (Å²) in [7, 11) is -3.57. The molecule has 1 aliphatic heterocycles. The van der Waals surface area contributed by atoms with Crippen LogP contribution in [-0.4, -0.2) is 31.7 Å². The number of nitrogens with one attached hydrogen (secondary N) is 1. The third-order valence-corrected chi connectivity index (χ3v) is 6.84. The van der Waals surface area contributed by atoms with E-state index in [0.717, 1.165) is 4.47 Å². The van der Waals surface area contributed by atoms with E-state index in [4.69, 9.17) is 0 Å². The summed E-state index contributed by atoms with van der Waals surface area (Å²) in [6, 6.07) is 15.7. The highest BCUT2D eigenvalue weighted by Crippen LogP contribution is 2.26. The molecular formula is C18H19BrN2O3S. The largest absolute Gasteiger partial charge is 0.325 e. The van der Waals surface area contributed by atoms with Crippen LogP contribution < -0.4 is 5.32 Å². The molecule has 1 aliphatic rings. The van der Waals surface area contributed by atoms with Gasteiger partial charge in [0, 0.05) is 17.6 Å². The zero-order chi connectivity index (χ0) is 17.9. The molecular weight excluding hydrogens is 404 g/mol. The van der Waals surface area contributed by atoms with Crippen molar-refractivity contribution in [3.63, 3.8) is 0 Å². The number of rotatable bonds is 4. The monoisotopic (exact) mass is 422 g/mol. The molecule has 3 rings (SSSR count). The van der Waals surface area contributed by atoms with Crippen molar-refractivity contribution in [3.05, 3.63) is 59.1 Å². The first-order valence-electron chi connectivity index (χ1n) is 8.09. The van der Waals surface area contributed by atoms with Gasteiger partial charge in [0.25, 0.3) is 0 Å². The lowest BCUT2D eigenvalue weighted by Gasteiger charge is -2.31. The number of para-hydroxylation sites is 1. The zero-order valence-corrected chi connectivity index (χ0v) is 16.0. The van der Waals surface area contributed by atoms with Crippen LogP contribution in [0.3, 0.4) is 0 Å². The molecule has 2 aromatic rings. The Labute approximate surface area is 156 Å². The second-order valence-electron chi connectivity index (χ2n) is 5.98. The Morgan fingerprint density at radius 1 is 1.08 bits per heavy atom. The first-order valence-corrected chi connectivity index (χ1v) is 10.3. The fourth-order valence-electron chi connectivity index (χ4n) is 2.91. The maximum Gasteiger partial charge on any atom is 0.243 e. The van der Waals surface area contributed by atoms with Gasteiger partial charge in [-0.2, -0.15) is 4.31 Å². The number of anilines is 1. The minimum Gasteiger partial charge on any atom is -0.325 e. The fraction of sp³-hybridized carbons (Fsp3) is 0.278. The van der Waals surface area contributed by atoms with Gasteiger partial charge in [-0.1, -0.05) is 30.3 Å². The summed E-state index contributed by atoms with van der Waals surface area (Å²) < 4.78 is 27.7. The van der Waals surface area contributed by atoms with Crippen molar-refractivity contribution in [1.82, 2.24) is 4.31 Å². The van der Waals surface area contributed by atoms with E-state index in [1.807, 2.05) is 24.3 Å². The molecule has 0 aromatic heterocycles. The molecule has 1 amide bonds. The summed E-state index contributed by atoms with van der Waals surface area (Å²) in [4.78, 5) is 12.8. The first-order chi connectivity index (χ1) is 12.0. The molecule has 2 aromatic carbocycles. The standard InChI is InChI=1S/C18H19BrN2O3S/c19-16-10-4-5-11-17(16)20-18(22)14-7-6-12-21(13-14)25(23,24)15-8-2-1-3-9-15/h1-5,8-11,14H,6-7,12-13H2,(H,20,22). The number of piperidine rings is 1. The molecule has 25 heavy (non-hydrogen) atoms. The lowest BCUT2D eigenvalue weighted by molar-refractivity contribution is -0.120. The van der Waals surface area contributed by atoms with Crippen LogP contribution in [0.2, 0.25) is 0 Å². The number of amides is 1. The van der Waals surface area contributed by atoms with Gasteiger partial charge >= 0.3 is 0 Å². The van der Waals surface area contributed by atoms with Gasteiger partial charge in [0.15, 0.2) is 0 Å². The number of nitrogens with zero attached hydrogens (tertiary/aromatic N) is 1. The molecule has 1 fully saturated rings. The van der Waals surface area contributed by atoms with Crippen LogP contribution in [0.15, 0.2) is 64.0 Å². The fourth-order valence-corrected chi connectivity index (χ4v) is 4.84. The molecule has 7 heteroatoms. The number of sulfonamides is 1. The lowest BCUT2D eigenvalue weighted by atomic mass is 9.99. The van der Waals surface area contributed by atoms with Gasteiger partial charge in [0.05, 0.1) is 16.5 Å². The Hall–Kier alpha value is -1.70. The van der Waals surface area contributed by atoms with Crippen molar-refractivity contribution in [2.45, 2.75) is 17.7 Å². The number of carbonyl (C=O) groups is 1. The molecule has 132 valence electrons. The SMILES string of the molecule is O=C(Nc1ccccc1Br)C1CCCN(S(=O)(=O)c2ccccc2)C1. The normalized spacial score (nSPS) is 18.7. The van der Waals surface area contributed by atoms with Crippen molar-refractivity contribution in [2.75, 3.05) is 18.4 Å². The average molecular weight is 423 g/mol. The molecule has 1 N–H and O–H groups in total. The van der Waals surface area contributed by atoms with Crippen molar-refractivity contribution in [3.8, 4) is 0 Å². The van der Waals surface area contributed by atoms with E-state index < -0.39 is 10.0 Å². The van der Waals surface area contributed by atoms with Gasteiger partial charge in [-0.15, -0.1) is 0 Å². The molecule has 1 atom stereocenters. The van der Waals surface area contributed by atoms with E-state index in [9.17, 15) is 13.2 Å². The molecule has 1 heterocycles. The van der Waals surface area contributed by atoms with Gasteiger partial charge in [-0.25, -0.2) is 8.42 Å². The van der Waals surface area contributed by atoms with Gasteiger partial charge in [-0.05, 0) is 53.0 Å². The smallest absolute Gasteiger partial charge is 0.243 e. The van der Waals surface area contributed by atoms with Crippen LogP contribution in [0.5, 0.6) is 0 Å². The number of benzene rings is 2. The highest BCUT2D eigenvalue weighted by molar-refractivity contribution is 9.10. The van der Waals surface area contributed by atoms with E-state index in [0.29, 0.717) is 25.1 Å². The van der Waals surface area contributed by atoms with E-state index in [1.54, 1.807) is 30.3 Å². The Kier molecular flexibility index (Phi) is 5.56. The van der Waals surface area contributed by atoms with Gasteiger partial charge in [0.1, 0.15) is 0 Å². The van der Waals surface area contributed by atoms with E-state index >= 15 is 0 Å². The van der Waals surface area contributed by atoms with E-state index in [1.165, 1.54) is 4.31 Å². The van der Waals surface area contributed by atoms with Crippen molar-refractivity contribution in [2.24, 2.45) is 5.92 Å². The number of carbonyl (C=O) groups excluding carboxylic acids is 1. The summed E-state index contributed by atoms with van der Waals surface area (Å²) in [5, 5.41) is 2.88. The van der Waals surface area contributed by atoms with Crippen molar-refractivity contribution in [1.29, 1.82) is 0 Å². The summed E-state index contributed by atoms with van der Waals surface area (Å²) in [6.45, 7) is 0.642. The van der Waals surface area contributed by atoms with Gasteiger partial charge < -0.3 is 5.32 Å². The Morgan fingerprint density at radius 3 is 2.48 bits per heavy atom. The Morgan fingerprint density at radius 2 is 1.76 bits per heavy atom. The van der Waals surface area contributed by atoms with Crippen LogP contribution >= 0.6 is 15.9 Å². The van der Waals surface area contributed by atoms with Crippen LogP contribution in [0.4, 0.5) is 5.69 Å². The van der Waals surface area contributed by atoms with Gasteiger partial charge in [0.2, 0.25) is 15.9 Å². The molecule has 5 nitrogen and oxygen atoms in total. The topological polar surface area (TPSA) is 66.5 Å². The maximum atomic E-state index is 12.8. The molecule has 1 saturated heterocycles. The van der Waals surface area contributed by atoms with Gasteiger partial charge in [-0.3, -0.25) is 4.79 Å². The molecule has 0 radical (unpaired) electrons. The average Bonchev–Trinajstić information content (AvgIpc) is 2.64. The zero-order valence-electron chi connectivity index (χ0n) is 13.6. The van der Waals surface area contributed by atoms with Crippen LogP contribution in [0.25, 0.3) is 0 Å².